The lowest BCUT2D eigenvalue weighted by Crippen LogP contribution is -2.31. The zero-order valence-electron chi connectivity index (χ0n) is 11.9. The molecule has 0 atom stereocenters. The van der Waals surface area contributed by atoms with E-state index in [4.69, 9.17) is 5.73 Å². The number of hydrogen-bond donors (Lipinski definition) is 2. The van der Waals surface area contributed by atoms with Crippen molar-refractivity contribution in [2.45, 2.75) is 44.4 Å². The normalized spacial score (nSPS) is 17.1. The topological polar surface area (TPSA) is 72.2 Å². The second-order valence-electron chi connectivity index (χ2n) is 5.72. The molecule has 0 radical (unpaired) electrons. The summed E-state index contributed by atoms with van der Waals surface area (Å²) in [4.78, 5) is -0.359. The first-order valence-corrected chi connectivity index (χ1v) is 8.33. The van der Waals surface area contributed by atoms with Crippen LogP contribution in [0.15, 0.2) is 17.0 Å². The fourth-order valence-corrected chi connectivity index (χ4v) is 3.85. The molecule has 1 aliphatic rings. The molecule has 1 fully saturated rings. The second kappa shape index (κ2) is 5.33. The summed E-state index contributed by atoms with van der Waals surface area (Å²) in [7, 11) is -3.85. The molecular weight excluding hydrogens is 279 g/mol. The molecule has 0 aromatic heterocycles. The Balaban J connectivity index is 2.19. The number of aryl methyl sites for hydroxylation is 1. The number of anilines is 1. The van der Waals surface area contributed by atoms with E-state index < -0.39 is 15.8 Å². The summed E-state index contributed by atoms with van der Waals surface area (Å²) >= 11 is 0. The fourth-order valence-electron chi connectivity index (χ4n) is 2.51. The number of nitrogen functional groups attached to an aromatic ring is 1. The van der Waals surface area contributed by atoms with Crippen molar-refractivity contribution < 1.29 is 12.8 Å². The van der Waals surface area contributed by atoms with Crippen LogP contribution in [0.3, 0.4) is 0 Å². The van der Waals surface area contributed by atoms with E-state index in [0.717, 1.165) is 25.7 Å². The minimum atomic E-state index is -3.85. The highest BCUT2D eigenvalue weighted by Crippen LogP contribution is 2.49. The molecule has 0 saturated heterocycles. The summed E-state index contributed by atoms with van der Waals surface area (Å²) in [5.74, 6) is -0.730. The van der Waals surface area contributed by atoms with Gasteiger partial charge in [0.2, 0.25) is 10.0 Å². The van der Waals surface area contributed by atoms with Crippen molar-refractivity contribution in [3.63, 3.8) is 0 Å². The molecule has 1 aromatic rings. The molecule has 3 N–H and O–H groups in total. The first kappa shape index (κ1) is 15.3. The smallest absolute Gasteiger partial charge is 0.243 e. The van der Waals surface area contributed by atoms with Gasteiger partial charge in [-0.05, 0) is 49.3 Å². The van der Waals surface area contributed by atoms with Gasteiger partial charge in [-0.15, -0.1) is 0 Å². The quantitative estimate of drug-likeness (QED) is 0.793. The number of benzene rings is 1. The van der Waals surface area contributed by atoms with E-state index in [2.05, 4.69) is 11.6 Å². The average molecular weight is 300 g/mol. The molecule has 112 valence electrons. The van der Waals surface area contributed by atoms with Crippen LogP contribution in [0.2, 0.25) is 0 Å². The largest absolute Gasteiger partial charge is 0.399 e. The Hall–Kier alpha value is -1.14. The molecule has 1 aromatic carbocycles. The van der Waals surface area contributed by atoms with Gasteiger partial charge < -0.3 is 5.73 Å². The fraction of sp³-hybridized carbons (Fsp3) is 0.571. The van der Waals surface area contributed by atoms with E-state index in [1.54, 1.807) is 0 Å². The third-order valence-corrected chi connectivity index (χ3v) is 5.31. The van der Waals surface area contributed by atoms with Gasteiger partial charge in [0.1, 0.15) is 10.7 Å². The Morgan fingerprint density at radius 3 is 2.60 bits per heavy atom. The molecule has 0 heterocycles. The lowest BCUT2D eigenvalue weighted by atomic mass is 10.0. The number of halogens is 1. The average Bonchev–Trinajstić information content (AvgIpc) is 3.12. The third kappa shape index (κ3) is 3.12. The molecular formula is C14H21FN2O2S. The van der Waals surface area contributed by atoms with Crippen molar-refractivity contribution in [1.29, 1.82) is 0 Å². The molecule has 0 unspecified atom stereocenters. The van der Waals surface area contributed by atoms with E-state index >= 15 is 0 Å². The summed E-state index contributed by atoms with van der Waals surface area (Å²) in [5, 5.41) is 0. The zero-order chi connectivity index (χ0) is 15.0. The highest BCUT2D eigenvalue weighted by Gasteiger charge is 2.42. The Bertz CT molecular complexity index is 610. The van der Waals surface area contributed by atoms with Gasteiger partial charge in [0.15, 0.2) is 0 Å². The van der Waals surface area contributed by atoms with Crippen molar-refractivity contribution in [3.05, 3.63) is 23.5 Å². The van der Waals surface area contributed by atoms with Gasteiger partial charge in [0, 0.05) is 12.2 Å². The van der Waals surface area contributed by atoms with Crippen LogP contribution in [0, 0.1) is 18.2 Å². The monoisotopic (exact) mass is 300 g/mol. The van der Waals surface area contributed by atoms with Crippen LogP contribution in [0.25, 0.3) is 0 Å². The number of hydrogen-bond acceptors (Lipinski definition) is 3. The van der Waals surface area contributed by atoms with Crippen molar-refractivity contribution >= 4 is 15.7 Å². The maximum atomic E-state index is 14.0. The molecule has 4 nitrogen and oxygen atoms in total. The van der Waals surface area contributed by atoms with Crippen LogP contribution in [-0.2, 0) is 10.0 Å². The highest BCUT2D eigenvalue weighted by molar-refractivity contribution is 7.89. The maximum absolute atomic E-state index is 14.0. The Morgan fingerprint density at radius 1 is 1.40 bits per heavy atom. The SMILES string of the molecule is CCCC1(CNS(=O)(=O)c2cc(N)cc(C)c2F)CC1. The van der Waals surface area contributed by atoms with Gasteiger partial charge in [-0.2, -0.15) is 0 Å². The first-order valence-electron chi connectivity index (χ1n) is 6.85. The summed E-state index contributed by atoms with van der Waals surface area (Å²) in [5.41, 5.74) is 6.17. The van der Waals surface area contributed by atoms with Crippen LogP contribution in [0.1, 0.15) is 38.2 Å². The molecule has 20 heavy (non-hydrogen) atoms. The lowest BCUT2D eigenvalue weighted by Gasteiger charge is -2.16. The van der Waals surface area contributed by atoms with Crippen molar-refractivity contribution in [1.82, 2.24) is 4.72 Å². The third-order valence-electron chi connectivity index (χ3n) is 3.91. The van der Waals surface area contributed by atoms with E-state index in [1.807, 2.05) is 0 Å². The molecule has 0 aliphatic heterocycles. The Morgan fingerprint density at radius 2 is 2.05 bits per heavy atom. The number of sulfonamides is 1. The van der Waals surface area contributed by atoms with Gasteiger partial charge in [-0.1, -0.05) is 13.3 Å². The molecule has 1 aliphatic carbocycles. The predicted octanol–water partition coefficient (Wildman–Crippen LogP) is 2.57. The molecule has 2 rings (SSSR count). The summed E-state index contributed by atoms with van der Waals surface area (Å²) < 4.78 is 41.0. The molecule has 1 saturated carbocycles. The first-order chi connectivity index (χ1) is 9.30. The van der Waals surface area contributed by atoms with Crippen molar-refractivity contribution in [3.8, 4) is 0 Å². The van der Waals surface area contributed by atoms with E-state index in [0.29, 0.717) is 6.54 Å². The standard InChI is InChI=1S/C14H21FN2O2S/c1-3-4-14(5-6-14)9-17-20(18,19)12-8-11(16)7-10(2)13(12)15/h7-8,17H,3-6,9,16H2,1-2H3. The van der Waals surface area contributed by atoms with Crippen LogP contribution >= 0.6 is 0 Å². The van der Waals surface area contributed by atoms with E-state index in [1.165, 1.54) is 19.1 Å². The lowest BCUT2D eigenvalue weighted by molar-refractivity contribution is 0.448. The van der Waals surface area contributed by atoms with Crippen molar-refractivity contribution in [2.75, 3.05) is 12.3 Å². The van der Waals surface area contributed by atoms with Crippen LogP contribution in [-0.4, -0.2) is 15.0 Å². The van der Waals surface area contributed by atoms with Crippen LogP contribution < -0.4 is 10.5 Å². The van der Waals surface area contributed by atoms with Gasteiger partial charge in [-0.25, -0.2) is 17.5 Å². The van der Waals surface area contributed by atoms with Crippen molar-refractivity contribution in [2.24, 2.45) is 5.41 Å². The van der Waals surface area contributed by atoms with Gasteiger partial charge in [0.25, 0.3) is 0 Å². The summed E-state index contributed by atoms with van der Waals surface area (Å²) in [6, 6.07) is 2.60. The summed E-state index contributed by atoms with van der Waals surface area (Å²) in [6.07, 6.45) is 4.07. The number of rotatable bonds is 6. The molecule has 0 spiro atoms. The highest BCUT2D eigenvalue weighted by atomic mass is 32.2. The van der Waals surface area contributed by atoms with Crippen LogP contribution in [0.5, 0.6) is 0 Å². The number of nitrogens with two attached hydrogens (primary N) is 1. The van der Waals surface area contributed by atoms with Gasteiger partial charge >= 0.3 is 0 Å². The van der Waals surface area contributed by atoms with E-state index in [-0.39, 0.29) is 21.6 Å². The van der Waals surface area contributed by atoms with Gasteiger partial charge in [-0.3, -0.25) is 0 Å². The van der Waals surface area contributed by atoms with E-state index in [9.17, 15) is 12.8 Å². The Kier molecular flexibility index (Phi) is 4.07. The predicted molar refractivity (Wildman–Crippen MR) is 77.3 cm³/mol. The van der Waals surface area contributed by atoms with Crippen LogP contribution in [0.4, 0.5) is 10.1 Å². The zero-order valence-corrected chi connectivity index (χ0v) is 12.7. The minimum Gasteiger partial charge on any atom is -0.399 e. The maximum Gasteiger partial charge on any atom is 0.243 e. The second-order valence-corrected chi connectivity index (χ2v) is 7.46. The summed E-state index contributed by atoms with van der Waals surface area (Å²) in [6.45, 7) is 3.95. The molecule has 0 bridgehead atoms. The molecule has 0 amide bonds. The Labute approximate surface area is 119 Å². The minimum absolute atomic E-state index is 0.0770. The number of nitrogens with one attached hydrogen (secondary N) is 1. The molecule has 6 heteroatoms. The van der Waals surface area contributed by atoms with Gasteiger partial charge in [0.05, 0.1) is 0 Å².